The third-order valence-corrected chi connectivity index (χ3v) is 5.76. The predicted octanol–water partition coefficient (Wildman–Crippen LogP) is 2.70. The maximum atomic E-state index is 13.5. The molecule has 34 heavy (non-hydrogen) atoms. The molecular weight excluding hydrogens is 434 g/mol. The van der Waals surface area contributed by atoms with Crippen LogP contribution in [0, 0.1) is 0 Å². The molecule has 1 aliphatic rings. The molecule has 0 unspecified atom stereocenters. The number of amides is 2. The van der Waals surface area contributed by atoms with E-state index in [-0.39, 0.29) is 43.8 Å². The number of nitrogens with zero attached hydrogens (tertiary/aromatic N) is 1. The minimum Gasteiger partial charge on any atom is -0.466 e. The van der Waals surface area contributed by atoms with Crippen LogP contribution >= 0.6 is 0 Å². The molecule has 2 atom stereocenters. The fourth-order valence-electron chi connectivity index (χ4n) is 4.14. The molecule has 0 aliphatic carbocycles. The summed E-state index contributed by atoms with van der Waals surface area (Å²) in [5.41, 5.74) is 8.81. The maximum absolute atomic E-state index is 13.5. The molecule has 8 nitrogen and oxygen atoms in total. The summed E-state index contributed by atoms with van der Waals surface area (Å²) >= 11 is 0. The molecule has 3 N–H and O–H groups in total. The van der Waals surface area contributed by atoms with E-state index in [1.165, 1.54) is 4.90 Å². The van der Waals surface area contributed by atoms with Gasteiger partial charge in [-0.25, -0.2) is 0 Å². The Kier molecular flexibility index (Phi) is 9.04. The van der Waals surface area contributed by atoms with E-state index in [1.807, 2.05) is 37.3 Å². The molecule has 1 aliphatic heterocycles. The van der Waals surface area contributed by atoms with Crippen molar-refractivity contribution < 1.29 is 23.9 Å². The van der Waals surface area contributed by atoms with Crippen LogP contribution in [0.2, 0.25) is 0 Å². The number of rotatable bonds is 12. The van der Waals surface area contributed by atoms with Crippen LogP contribution in [0.25, 0.3) is 0 Å². The van der Waals surface area contributed by atoms with Gasteiger partial charge in [0.05, 0.1) is 19.3 Å². The van der Waals surface area contributed by atoms with Crippen LogP contribution in [0.1, 0.15) is 48.2 Å². The average Bonchev–Trinajstić information content (AvgIpc) is 3.13. The lowest BCUT2D eigenvalue weighted by molar-refractivity contribution is -0.143. The summed E-state index contributed by atoms with van der Waals surface area (Å²) in [5.74, 6) is -0.966. The van der Waals surface area contributed by atoms with Crippen LogP contribution in [0.3, 0.4) is 0 Å². The van der Waals surface area contributed by atoms with E-state index in [0.29, 0.717) is 30.9 Å². The topological polar surface area (TPSA) is 111 Å². The second kappa shape index (κ2) is 12.2. The number of anilines is 1. The fraction of sp³-hybridized carbons (Fsp3) is 0.423. The van der Waals surface area contributed by atoms with Crippen molar-refractivity contribution in [1.29, 1.82) is 0 Å². The second-order valence-corrected chi connectivity index (χ2v) is 8.26. The summed E-state index contributed by atoms with van der Waals surface area (Å²) in [5, 5.41) is 3.06. The van der Waals surface area contributed by atoms with Crippen molar-refractivity contribution in [2.24, 2.45) is 0 Å². The van der Waals surface area contributed by atoms with Gasteiger partial charge in [0.1, 0.15) is 6.04 Å². The van der Waals surface area contributed by atoms with E-state index in [9.17, 15) is 14.4 Å². The summed E-state index contributed by atoms with van der Waals surface area (Å²) < 4.78 is 10.6. The Hall–Kier alpha value is -3.39. The summed E-state index contributed by atoms with van der Waals surface area (Å²) in [6, 6.07) is 13.8. The summed E-state index contributed by atoms with van der Waals surface area (Å²) in [7, 11) is 0. The Bertz CT molecular complexity index is 995. The van der Waals surface area contributed by atoms with Gasteiger partial charge in [-0.3, -0.25) is 14.4 Å². The number of nitrogens with one attached hydrogen (secondary N) is 1. The van der Waals surface area contributed by atoms with E-state index in [0.717, 1.165) is 11.1 Å². The highest BCUT2D eigenvalue weighted by Crippen LogP contribution is 2.28. The Labute approximate surface area is 200 Å². The van der Waals surface area contributed by atoms with Crippen LogP contribution in [0.15, 0.2) is 48.5 Å². The van der Waals surface area contributed by atoms with Gasteiger partial charge < -0.3 is 25.4 Å². The second-order valence-electron chi connectivity index (χ2n) is 8.26. The van der Waals surface area contributed by atoms with Crippen LogP contribution in [0.5, 0.6) is 0 Å². The van der Waals surface area contributed by atoms with Gasteiger partial charge >= 0.3 is 5.97 Å². The highest BCUT2D eigenvalue weighted by molar-refractivity contribution is 6.01. The zero-order chi connectivity index (χ0) is 24.5. The number of nitrogen functional groups attached to an aromatic ring is 1. The molecular formula is C26H33N3O5. The molecule has 3 rings (SSSR count). The molecule has 182 valence electrons. The summed E-state index contributed by atoms with van der Waals surface area (Å²) in [6.07, 6.45) is 0.775. The molecule has 0 radical (unpaired) electrons. The molecule has 0 spiro atoms. The smallest absolute Gasteiger partial charge is 0.305 e. The van der Waals surface area contributed by atoms with Gasteiger partial charge in [0, 0.05) is 30.8 Å². The number of hydrogen-bond acceptors (Lipinski definition) is 6. The van der Waals surface area contributed by atoms with Crippen LogP contribution < -0.4 is 11.1 Å². The van der Waals surface area contributed by atoms with Gasteiger partial charge in [0.2, 0.25) is 5.91 Å². The molecule has 2 amide bonds. The van der Waals surface area contributed by atoms with Gasteiger partial charge in [0.25, 0.3) is 5.91 Å². The first-order valence-electron chi connectivity index (χ1n) is 11.7. The van der Waals surface area contributed by atoms with Crippen LogP contribution in [-0.4, -0.2) is 54.6 Å². The Morgan fingerprint density at radius 1 is 1.12 bits per heavy atom. The number of fused-ring (bicyclic) bond motifs is 1. The first-order valence-corrected chi connectivity index (χ1v) is 11.7. The third-order valence-electron chi connectivity index (χ3n) is 5.76. The quantitative estimate of drug-likeness (QED) is 0.367. The Morgan fingerprint density at radius 3 is 2.59 bits per heavy atom. The van der Waals surface area contributed by atoms with Crippen molar-refractivity contribution in [3.05, 3.63) is 65.2 Å². The van der Waals surface area contributed by atoms with E-state index in [1.54, 1.807) is 25.1 Å². The Morgan fingerprint density at radius 2 is 1.88 bits per heavy atom. The SMILES string of the molecule is CCOC[C@H](Cc1ccccc1)NC(=O)[C@H](CCC(=O)OCC)N1Cc2cc(N)ccc2C1=O. The van der Waals surface area contributed by atoms with Crippen LogP contribution in [-0.2, 0) is 32.0 Å². The highest BCUT2D eigenvalue weighted by atomic mass is 16.5. The van der Waals surface area contributed by atoms with E-state index >= 15 is 0 Å². The number of hydrogen-bond donors (Lipinski definition) is 2. The van der Waals surface area contributed by atoms with Crippen molar-refractivity contribution >= 4 is 23.5 Å². The summed E-state index contributed by atoms with van der Waals surface area (Å²) in [4.78, 5) is 40.2. The van der Waals surface area contributed by atoms with Crippen molar-refractivity contribution in [2.75, 3.05) is 25.6 Å². The molecule has 0 fully saturated rings. The van der Waals surface area contributed by atoms with Crippen molar-refractivity contribution in [1.82, 2.24) is 10.2 Å². The first kappa shape index (κ1) is 25.2. The van der Waals surface area contributed by atoms with Crippen molar-refractivity contribution in [3.8, 4) is 0 Å². The van der Waals surface area contributed by atoms with Gasteiger partial charge in [-0.15, -0.1) is 0 Å². The number of carbonyl (C=O) groups excluding carboxylic acids is 3. The van der Waals surface area contributed by atoms with Gasteiger partial charge in [-0.05, 0) is 56.0 Å². The number of esters is 1. The standard InChI is InChI=1S/C26H33N3O5/c1-3-33-17-21(14-18-8-6-5-7-9-18)28-25(31)23(12-13-24(30)34-4-2)29-16-19-15-20(27)10-11-22(19)26(29)32/h5-11,15,21,23H,3-4,12-14,16-17,27H2,1-2H3,(H,28,31)/t21-,23-/m0/s1. The zero-order valence-corrected chi connectivity index (χ0v) is 19.8. The average molecular weight is 468 g/mol. The van der Waals surface area contributed by atoms with Crippen molar-refractivity contribution in [2.45, 2.75) is 51.7 Å². The number of carbonyl (C=O) groups is 3. The van der Waals surface area contributed by atoms with Gasteiger partial charge in [0.15, 0.2) is 0 Å². The minimum absolute atomic E-state index is 0.0308. The monoisotopic (exact) mass is 467 g/mol. The Balaban J connectivity index is 1.79. The van der Waals surface area contributed by atoms with E-state index < -0.39 is 12.0 Å². The predicted molar refractivity (Wildman–Crippen MR) is 129 cm³/mol. The molecule has 0 saturated heterocycles. The van der Waals surface area contributed by atoms with Gasteiger partial charge in [-0.2, -0.15) is 0 Å². The highest BCUT2D eigenvalue weighted by Gasteiger charge is 2.37. The lowest BCUT2D eigenvalue weighted by atomic mass is 10.0. The molecule has 1 heterocycles. The molecule has 0 saturated carbocycles. The first-order chi connectivity index (χ1) is 16.4. The number of nitrogens with two attached hydrogens (primary N) is 1. The third kappa shape index (κ3) is 6.57. The number of benzene rings is 2. The molecule has 0 aromatic heterocycles. The fourth-order valence-corrected chi connectivity index (χ4v) is 4.14. The van der Waals surface area contributed by atoms with E-state index in [2.05, 4.69) is 5.32 Å². The van der Waals surface area contributed by atoms with Crippen molar-refractivity contribution in [3.63, 3.8) is 0 Å². The number of ether oxygens (including phenoxy) is 2. The molecule has 8 heteroatoms. The normalized spacial score (nSPS) is 14.4. The maximum Gasteiger partial charge on any atom is 0.305 e. The molecule has 2 aromatic carbocycles. The minimum atomic E-state index is -0.828. The zero-order valence-electron chi connectivity index (χ0n) is 19.8. The summed E-state index contributed by atoms with van der Waals surface area (Å²) in [6.45, 7) is 5.01. The van der Waals surface area contributed by atoms with E-state index in [4.69, 9.17) is 15.2 Å². The lowest BCUT2D eigenvalue weighted by Gasteiger charge is -2.29. The lowest BCUT2D eigenvalue weighted by Crippen LogP contribution is -2.51. The van der Waals surface area contributed by atoms with Crippen LogP contribution in [0.4, 0.5) is 5.69 Å². The molecule has 0 bridgehead atoms. The largest absolute Gasteiger partial charge is 0.466 e. The molecule has 2 aromatic rings. The van der Waals surface area contributed by atoms with Gasteiger partial charge in [-0.1, -0.05) is 30.3 Å².